The third-order valence-corrected chi connectivity index (χ3v) is 5.26. The number of fused-ring (bicyclic) bond motifs is 1. The highest BCUT2D eigenvalue weighted by atomic mass is 32.2. The van der Waals surface area contributed by atoms with E-state index < -0.39 is 18.4 Å². The van der Waals surface area contributed by atoms with E-state index in [9.17, 15) is 14.7 Å². The molecule has 1 heterocycles. The minimum absolute atomic E-state index is 0.183. The lowest BCUT2D eigenvalue weighted by Crippen LogP contribution is -2.40. The first-order valence-electron chi connectivity index (χ1n) is 7.54. The van der Waals surface area contributed by atoms with Gasteiger partial charge in [0.25, 0.3) is 5.91 Å². The van der Waals surface area contributed by atoms with Crippen LogP contribution in [0.4, 0.5) is 0 Å². The molecule has 3 rings (SSSR count). The van der Waals surface area contributed by atoms with Crippen LogP contribution in [0.1, 0.15) is 5.56 Å². The number of benzene rings is 2. The summed E-state index contributed by atoms with van der Waals surface area (Å²) in [6.07, 6.45) is 1.66. The summed E-state index contributed by atoms with van der Waals surface area (Å²) in [5, 5.41) is 12.6. The van der Waals surface area contributed by atoms with E-state index in [-0.39, 0.29) is 4.32 Å². The van der Waals surface area contributed by atoms with Crippen LogP contribution < -0.4 is 14.6 Å². The molecule has 1 saturated heterocycles. The van der Waals surface area contributed by atoms with Crippen LogP contribution >= 0.6 is 24.0 Å². The van der Waals surface area contributed by atoms with Crippen molar-refractivity contribution in [3.05, 3.63) is 40.8 Å². The van der Waals surface area contributed by atoms with Gasteiger partial charge in [-0.2, -0.15) is 0 Å². The summed E-state index contributed by atoms with van der Waals surface area (Å²) in [5.41, 5.74) is 0.692. The first kappa shape index (κ1) is 18.2. The molecule has 6 nitrogen and oxygen atoms in total. The van der Waals surface area contributed by atoms with Crippen LogP contribution in [-0.4, -0.2) is 41.9 Å². The van der Waals surface area contributed by atoms with Gasteiger partial charge in [0, 0.05) is 5.56 Å². The smallest absolute Gasteiger partial charge is 0.266 e. The summed E-state index contributed by atoms with van der Waals surface area (Å²) in [7, 11) is 3.12. The molecule has 0 aromatic heterocycles. The molecule has 0 aliphatic carbocycles. The second-order valence-corrected chi connectivity index (χ2v) is 7.08. The Balaban J connectivity index is 2.12. The van der Waals surface area contributed by atoms with Crippen LogP contribution in [0.3, 0.4) is 0 Å². The highest BCUT2D eigenvalue weighted by molar-refractivity contribution is 8.26. The van der Waals surface area contributed by atoms with Crippen LogP contribution in [0.5, 0.6) is 11.5 Å². The maximum Gasteiger partial charge on any atom is 0.266 e. The second-order valence-electron chi connectivity index (χ2n) is 5.41. The molecular weight excluding hydrogens is 374 g/mol. The van der Waals surface area contributed by atoms with Crippen molar-refractivity contribution in [3.63, 3.8) is 0 Å². The zero-order chi connectivity index (χ0) is 18.8. The summed E-state index contributed by atoms with van der Waals surface area (Å²) < 4.78 is 10.9. The van der Waals surface area contributed by atoms with E-state index in [1.165, 1.54) is 0 Å². The van der Waals surface area contributed by atoms with E-state index in [0.29, 0.717) is 22.0 Å². The van der Waals surface area contributed by atoms with Gasteiger partial charge in [-0.3, -0.25) is 9.69 Å². The third-order valence-electron chi connectivity index (χ3n) is 3.89. The van der Waals surface area contributed by atoms with Gasteiger partial charge in [0.2, 0.25) is 0 Å². The average Bonchev–Trinajstić information content (AvgIpc) is 2.88. The molecule has 0 radical (unpaired) electrons. The lowest BCUT2D eigenvalue weighted by atomic mass is 10.0. The predicted octanol–water partition coefficient (Wildman–Crippen LogP) is 1.81. The van der Waals surface area contributed by atoms with Gasteiger partial charge in [-0.25, -0.2) is 0 Å². The number of amides is 1. The maximum absolute atomic E-state index is 12.5. The molecular formula is C18H14NO5S2-. The van der Waals surface area contributed by atoms with E-state index >= 15 is 0 Å². The van der Waals surface area contributed by atoms with E-state index in [4.69, 9.17) is 21.7 Å². The van der Waals surface area contributed by atoms with E-state index in [1.807, 2.05) is 30.3 Å². The average molecular weight is 388 g/mol. The Morgan fingerprint density at radius 1 is 1.27 bits per heavy atom. The van der Waals surface area contributed by atoms with Crippen LogP contribution in [0.25, 0.3) is 16.8 Å². The molecule has 0 saturated carbocycles. The fourth-order valence-corrected chi connectivity index (χ4v) is 3.89. The maximum atomic E-state index is 12.5. The number of hydrogen-bond acceptors (Lipinski definition) is 7. The number of carboxylic acid groups (broad SMARTS) is 1. The molecule has 0 N–H and O–H groups in total. The van der Waals surface area contributed by atoms with Crippen molar-refractivity contribution in [1.29, 1.82) is 0 Å². The Hall–Kier alpha value is -2.58. The zero-order valence-corrected chi connectivity index (χ0v) is 15.6. The minimum atomic E-state index is -1.37. The van der Waals surface area contributed by atoms with Gasteiger partial charge in [-0.05, 0) is 35.0 Å². The lowest BCUT2D eigenvalue weighted by Gasteiger charge is -2.14. The molecule has 2 aromatic rings. The Morgan fingerprint density at radius 2 is 2.00 bits per heavy atom. The Labute approximate surface area is 159 Å². The molecule has 1 aliphatic rings. The van der Waals surface area contributed by atoms with E-state index in [0.717, 1.165) is 27.4 Å². The first-order chi connectivity index (χ1) is 12.4. The SMILES string of the molecule is COc1ccc2ccc(OC)c(/C=C3/SC(=S)N(CC(=O)[O-])C3=O)c2c1. The summed E-state index contributed by atoms with van der Waals surface area (Å²) in [5.74, 6) is -0.581. The largest absolute Gasteiger partial charge is 0.548 e. The number of ether oxygens (including phenoxy) is 2. The van der Waals surface area contributed by atoms with Gasteiger partial charge in [-0.1, -0.05) is 36.1 Å². The quantitative estimate of drug-likeness (QED) is 0.571. The highest BCUT2D eigenvalue weighted by Gasteiger charge is 2.32. The summed E-state index contributed by atoms with van der Waals surface area (Å²) >= 11 is 6.16. The fourth-order valence-electron chi connectivity index (χ4n) is 2.65. The molecule has 1 amide bonds. The normalized spacial score (nSPS) is 15.8. The minimum Gasteiger partial charge on any atom is -0.548 e. The first-order valence-corrected chi connectivity index (χ1v) is 8.77. The summed E-state index contributed by atoms with van der Waals surface area (Å²) in [6.45, 7) is -0.567. The number of methoxy groups -OCH3 is 2. The summed E-state index contributed by atoms with van der Waals surface area (Å²) in [6, 6.07) is 9.32. The lowest BCUT2D eigenvalue weighted by molar-refractivity contribution is -0.305. The molecule has 8 heteroatoms. The van der Waals surface area contributed by atoms with Crippen molar-refractivity contribution < 1.29 is 24.2 Å². The fraction of sp³-hybridized carbons (Fsp3) is 0.167. The van der Waals surface area contributed by atoms with Gasteiger partial charge in [-0.15, -0.1) is 0 Å². The number of carboxylic acids is 1. The number of carbonyl (C=O) groups is 2. The molecule has 0 unspecified atom stereocenters. The monoisotopic (exact) mass is 388 g/mol. The molecule has 26 heavy (non-hydrogen) atoms. The standard InChI is InChI=1S/C18H15NO5S2/c1-23-11-5-3-10-4-6-14(24-2)13(12(10)7-11)8-15-17(22)19(9-16(20)21)18(25)26-15/h3-8H,9H2,1-2H3,(H,20,21)/p-1/b15-8+. The van der Waals surface area contributed by atoms with E-state index in [2.05, 4.69) is 0 Å². The van der Waals surface area contributed by atoms with Crippen LogP contribution in [0.15, 0.2) is 35.2 Å². The van der Waals surface area contributed by atoms with E-state index in [1.54, 1.807) is 20.3 Å². The Kier molecular flexibility index (Phi) is 5.15. The highest BCUT2D eigenvalue weighted by Crippen LogP contribution is 2.37. The number of thiocarbonyl (C=S) groups is 1. The Morgan fingerprint density at radius 3 is 2.65 bits per heavy atom. The van der Waals surface area contributed by atoms with Crippen molar-refractivity contribution in [2.75, 3.05) is 20.8 Å². The van der Waals surface area contributed by atoms with Crippen molar-refractivity contribution in [3.8, 4) is 11.5 Å². The van der Waals surface area contributed by atoms with Gasteiger partial charge < -0.3 is 19.4 Å². The number of rotatable bonds is 5. The van der Waals surface area contributed by atoms with Gasteiger partial charge in [0.15, 0.2) is 0 Å². The van der Waals surface area contributed by atoms with Crippen molar-refractivity contribution >= 4 is 57.0 Å². The topological polar surface area (TPSA) is 78.9 Å². The Bertz CT molecular complexity index is 949. The van der Waals surface area contributed by atoms with Crippen LogP contribution in [-0.2, 0) is 9.59 Å². The van der Waals surface area contributed by atoms with Gasteiger partial charge in [0.05, 0.1) is 31.6 Å². The number of hydrogen-bond donors (Lipinski definition) is 0. The molecule has 1 fully saturated rings. The van der Waals surface area contributed by atoms with Crippen molar-refractivity contribution in [1.82, 2.24) is 4.90 Å². The molecule has 0 bridgehead atoms. The number of aliphatic carboxylic acids is 1. The van der Waals surface area contributed by atoms with Crippen molar-refractivity contribution in [2.24, 2.45) is 0 Å². The van der Waals surface area contributed by atoms with Crippen LogP contribution in [0.2, 0.25) is 0 Å². The molecule has 0 atom stereocenters. The number of thioether (sulfide) groups is 1. The van der Waals surface area contributed by atoms with Gasteiger partial charge in [0.1, 0.15) is 15.8 Å². The van der Waals surface area contributed by atoms with Crippen molar-refractivity contribution in [2.45, 2.75) is 0 Å². The molecule has 0 spiro atoms. The molecule has 134 valence electrons. The molecule has 2 aromatic carbocycles. The van der Waals surface area contributed by atoms with Gasteiger partial charge >= 0.3 is 0 Å². The third kappa shape index (κ3) is 3.38. The summed E-state index contributed by atoms with van der Waals surface area (Å²) in [4.78, 5) is 24.7. The second kappa shape index (κ2) is 7.35. The number of carbonyl (C=O) groups excluding carboxylic acids is 2. The predicted molar refractivity (Wildman–Crippen MR) is 102 cm³/mol. The van der Waals surface area contributed by atoms with Crippen LogP contribution in [0, 0.1) is 0 Å². The zero-order valence-electron chi connectivity index (χ0n) is 14.0. The molecule has 1 aliphatic heterocycles. The number of nitrogens with zero attached hydrogens (tertiary/aromatic N) is 1.